The van der Waals surface area contributed by atoms with Crippen molar-refractivity contribution in [2.45, 2.75) is 13.0 Å². The molecular formula is C10H11O+. The van der Waals surface area contributed by atoms with Crippen LogP contribution >= 0.6 is 0 Å². The third-order valence-corrected chi connectivity index (χ3v) is 1.30. The van der Waals surface area contributed by atoms with Crippen LogP contribution < -0.4 is 0 Å². The van der Waals surface area contributed by atoms with Gasteiger partial charge in [-0.25, -0.2) is 0 Å². The number of aliphatic hydroxyl groups excluding tert-OH is 1. The second kappa shape index (κ2) is 3.87. The Hall–Kier alpha value is -1.17. The quantitative estimate of drug-likeness (QED) is 0.590. The molecule has 0 aromatic heterocycles. The van der Waals surface area contributed by atoms with Crippen LogP contribution in [0.25, 0.3) is 0 Å². The molecule has 0 fully saturated rings. The van der Waals surface area contributed by atoms with Crippen molar-refractivity contribution in [3.63, 3.8) is 0 Å². The van der Waals surface area contributed by atoms with Gasteiger partial charge in [0.1, 0.15) is 12.2 Å². The molecule has 0 radical (unpaired) electrons. The summed E-state index contributed by atoms with van der Waals surface area (Å²) in [5, 5.41) is 8.92. The number of rotatable bonds is 2. The number of hydrogen-bond donors (Lipinski definition) is 1. The maximum atomic E-state index is 8.92. The van der Waals surface area contributed by atoms with Crippen LogP contribution in [0.15, 0.2) is 42.0 Å². The SMILES string of the molecule is CC(O)/C=C/C1=CC=C[C+]=C1. The van der Waals surface area contributed by atoms with Gasteiger partial charge in [-0.1, -0.05) is 0 Å². The van der Waals surface area contributed by atoms with E-state index in [1.54, 1.807) is 13.0 Å². The smallest absolute Gasteiger partial charge is 0.110 e. The Morgan fingerprint density at radius 1 is 1.64 bits per heavy atom. The Labute approximate surface area is 67.1 Å². The van der Waals surface area contributed by atoms with Gasteiger partial charge in [0.2, 0.25) is 0 Å². The van der Waals surface area contributed by atoms with E-state index in [4.69, 9.17) is 5.11 Å². The summed E-state index contributed by atoms with van der Waals surface area (Å²) in [6.07, 6.45) is 13.8. The molecule has 1 aliphatic rings. The molecule has 1 aliphatic carbocycles. The number of hydrogen-bond acceptors (Lipinski definition) is 1. The standard InChI is InChI=1S/C10H11O/c1-9(11)7-8-10-5-3-2-4-6-10/h2-3,5-9,11H,1H3/q+1/b8-7+. The normalized spacial score (nSPS) is 18.2. The summed E-state index contributed by atoms with van der Waals surface area (Å²) in [4.78, 5) is 0. The van der Waals surface area contributed by atoms with Crippen molar-refractivity contribution in [1.29, 1.82) is 0 Å². The van der Waals surface area contributed by atoms with Crippen molar-refractivity contribution in [1.82, 2.24) is 0 Å². The summed E-state index contributed by atoms with van der Waals surface area (Å²) < 4.78 is 0. The van der Waals surface area contributed by atoms with Gasteiger partial charge in [0.15, 0.2) is 0 Å². The third-order valence-electron chi connectivity index (χ3n) is 1.30. The lowest BCUT2D eigenvalue weighted by Gasteiger charge is -1.91. The van der Waals surface area contributed by atoms with Crippen molar-refractivity contribution < 1.29 is 5.11 Å². The van der Waals surface area contributed by atoms with Gasteiger partial charge in [0.05, 0.1) is 17.8 Å². The van der Waals surface area contributed by atoms with E-state index < -0.39 is 0 Å². The first-order valence-corrected chi connectivity index (χ1v) is 3.61. The van der Waals surface area contributed by atoms with Gasteiger partial charge in [0.25, 0.3) is 0 Å². The van der Waals surface area contributed by atoms with E-state index in [1.165, 1.54) is 0 Å². The summed E-state index contributed by atoms with van der Waals surface area (Å²) in [6.45, 7) is 1.73. The lowest BCUT2D eigenvalue weighted by Crippen LogP contribution is -1.91. The minimum atomic E-state index is -0.379. The van der Waals surface area contributed by atoms with Crippen molar-refractivity contribution in [2.75, 3.05) is 0 Å². The maximum absolute atomic E-state index is 8.92. The molecule has 11 heavy (non-hydrogen) atoms. The highest BCUT2D eigenvalue weighted by atomic mass is 16.3. The van der Waals surface area contributed by atoms with Crippen LogP contribution in [-0.4, -0.2) is 11.2 Å². The van der Waals surface area contributed by atoms with Crippen LogP contribution in [0.1, 0.15) is 6.92 Å². The van der Waals surface area contributed by atoms with Crippen LogP contribution in [0.3, 0.4) is 0 Å². The van der Waals surface area contributed by atoms with E-state index in [0.717, 1.165) is 5.57 Å². The average molecular weight is 147 g/mol. The average Bonchev–Trinajstić information content (AvgIpc) is 2.03. The molecule has 0 bridgehead atoms. The predicted octanol–water partition coefficient (Wildman–Crippen LogP) is 1.78. The first-order chi connectivity index (χ1) is 5.29. The van der Waals surface area contributed by atoms with Gasteiger partial charge in [0, 0.05) is 18.2 Å². The predicted molar refractivity (Wildman–Crippen MR) is 45.9 cm³/mol. The fraction of sp³-hybridized carbons (Fsp3) is 0.200. The number of allylic oxidation sites excluding steroid dienone is 7. The van der Waals surface area contributed by atoms with Gasteiger partial charge >= 0.3 is 0 Å². The second-order valence-electron chi connectivity index (χ2n) is 2.44. The summed E-state index contributed by atoms with van der Waals surface area (Å²) in [6, 6.07) is 0. The van der Waals surface area contributed by atoms with E-state index >= 15 is 0 Å². The Balaban J connectivity index is 2.57. The molecule has 1 N–H and O–H groups in total. The van der Waals surface area contributed by atoms with E-state index in [-0.39, 0.29) is 6.10 Å². The van der Waals surface area contributed by atoms with Crippen molar-refractivity contribution >= 4 is 0 Å². The Morgan fingerprint density at radius 2 is 2.45 bits per heavy atom. The highest BCUT2D eigenvalue weighted by Crippen LogP contribution is 2.04. The monoisotopic (exact) mass is 147 g/mol. The molecule has 0 spiro atoms. The Morgan fingerprint density at radius 3 is 3.00 bits per heavy atom. The molecule has 0 saturated carbocycles. The molecule has 1 rings (SSSR count). The van der Waals surface area contributed by atoms with Crippen LogP contribution in [-0.2, 0) is 0 Å². The molecule has 0 aromatic rings. The van der Waals surface area contributed by atoms with Gasteiger partial charge in [-0.15, -0.1) is 0 Å². The zero-order chi connectivity index (χ0) is 8.10. The molecule has 0 aliphatic heterocycles. The molecule has 1 heteroatoms. The summed E-state index contributed by atoms with van der Waals surface area (Å²) in [5.74, 6) is 0. The minimum Gasteiger partial charge on any atom is -0.389 e. The Kier molecular flexibility index (Phi) is 2.79. The van der Waals surface area contributed by atoms with Gasteiger partial charge in [-0.05, 0) is 13.0 Å². The van der Waals surface area contributed by atoms with Crippen LogP contribution in [0.2, 0.25) is 0 Å². The summed E-state index contributed by atoms with van der Waals surface area (Å²) in [5.41, 5.74) is 1.06. The zero-order valence-electron chi connectivity index (χ0n) is 6.49. The first kappa shape index (κ1) is 7.93. The molecule has 0 saturated heterocycles. The minimum absolute atomic E-state index is 0.379. The first-order valence-electron chi connectivity index (χ1n) is 3.61. The molecule has 1 nitrogen and oxygen atoms in total. The summed E-state index contributed by atoms with van der Waals surface area (Å²) in [7, 11) is 0. The molecule has 1 unspecified atom stereocenters. The molecular weight excluding hydrogens is 136 g/mol. The van der Waals surface area contributed by atoms with E-state index in [1.807, 2.05) is 30.4 Å². The van der Waals surface area contributed by atoms with Crippen LogP contribution in [0, 0.1) is 6.08 Å². The molecule has 1 atom stereocenters. The van der Waals surface area contributed by atoms with Crippen molar-refractivity contribution in [3.8, 4) is 0 Å². The molecule has 0 amide bonds. The largest absolute Gasteiger partial charge is 0.389 e. The van der Waals surface area contributed by atoms with Crippen LogP contribution in [0.5, 0.6) is 0 Å². The third kappa shape index (κ3) is 2.94. The Bertz CT molecular complexity index is 229. The van der Waals surface area contributed by atoms with Crippen LogP contribution in [0.4, 0.5) is 0 Å². The fourth-order valence-corrected chi connectivity index (χ4v) is 0.761. The van der Waals surface area contributed by atoms with Gasteiger partial charge in [-0.3, -0.25) is 0 Å². The van der Waals surface area contributed by atoms with E-state index in [2.05, 4.69) is 6.08 Å². The molecule has 56 valence electrons. The topological polar surface area (TPSA) is 20.2 Å². The highest BCUT2D eigenvalue weighted by molar-refractivity contribution is 5.37. The molecule has 0 aromatic carbocycles. The summed E-state index contributed by atoms with van der Waals surface area (Å²) >= 11 is 0. The van der Waals surface area contributed by atoms with Crippen molar-refractivity contribution in [2.24, 2.45) is 0 Å². The maximum Gasteiger partial charge on any atom is 0.110 e. The lowest BCUT2D eigenvalue weighted by molar-refractivity contribution is 0.244. The zero-order valence-corrected chi connectivity index (χ0v) is 6.49. The van der Waals surface area contributed by atoms with Crippen molar-refractivity contribution in [3.05, 3.63) is 48.1 Å². The van der Waals surface area contributed by atoms with Gasteiger partial charge < -0.3 is 5.11 Å². The highest BCUT2D eigenvalue weighted by Gasteiger charge is 1.97. The van der Waals surface area contributed by atoms with Gasteiger partial charge in [-0.2, -0.15) is 0 Å². The fourth-order valence-electron chi connectivity index (χ4n) is 0.761. The molecule has 0 heterocycles. The van der Waals surface area contributed by atoms with E-state index in [0.29, 0.717) is 0 Å². The number of aliphatic hydroxyl groups is 1. The lowest BCUT2D eigenvalue weighted by atomic mass is 10.1. The second-order valence-corrected chi connectivity index (χ2v) is 2.44. The van der Waals surface area contributed by atoms with E-state index in [9.17, 15) is 0 Å².